The van der Waals surface area contributed by atoms with E-state index >= 15 is 0 Å². The summed E-state index contributed by atoms with van der Waals surface area (Å²) in [4.78, 5) is 25.6. The predicted octanol–water partition coefficient (Wildman–Crippen LogP) is 2.31. The summed E-state index contributed by atoms with van der Waals surface area (Å²) < 4.78 is 6.25. The first kappa shape index (κ1) is 18.1. The van der Waals surface area contributed by atoms with E-state index < -0.39 is 6.10 Å². The highest BCUT2D eigenvalue weighted by molar-refractivity contribution is 5.97. The molecule has 0 radical (unpaired) electrons. The zero-order chi connectivity index (χ0) is 18.7. The van der Waals surface area contributed by atoms with Crippen molar-refractivity contribution in [3.05, 3.63) is 54.6 Å². The summed E-state index contributed by atoms with van der Waals surface area (Å²) in [5, 5.41) is 0. The maximum atomic E-state index is 12.7. The fourth-order valence-electron chi connectivity index (χ4n) is 4.05. The maximum Gasteiger partial charge on any atom is 0.255 e. The molecule has 0 bridgehead atoms. The van der Waals surface area contributed by atoms with E-state index in [9.17, 15) is 4.79 Å². The Kier molecular flexibility index (Phi) is 5.18. The first-order chi connectivity index (χ1) is 13.2. The standard InChI is InChI=1S/C21H26N4O2/c1-17-20(26)25(18-6-3-2-4-7-18)16-21(27-17)9-14-24(15-10-21)13-8-19-22-11-5-12-23-19/h2-7,11-12,17H,8-10,13-16H2,1H3. The molecular formula is C21H26N4O2. The monoisotopic (exact) mass is 366 g/mol. The summed E-state index contributed by atoms with van der Waals surface area (Å²) in [6, 6.07) is 11.8. The number of nitrogens with zero attached hydrogens (tertiary/aromatic N) is 4. The molecular weight excluding hydrogens is 340 g/mol. The van der Waals surface area contributed by atoms with Crippen LogP contribution in [0.2, 0.25) is 0 Å². The number of hydrogen-bond acceptors (Lipinski definition) is 5. The van der Waals surface area contributed by atoms with Gasteiger partial charge in [-0.1, -0.05) is 18.2 Å². The highest BCUT2D eigenvalue weighted by Gasteiger charge is 2.45. The van der Waals surface area contributed by atoms with Gasteiger partial charge in [-0.3, -0.25) is 4.79 Å². The number of para-hydroxylation sites is 1. The number of rotatable bonds is 4. The van der Waals surface area contributed by atoms with E-state index in [0.717, 1.165) is 50.4 Å². The quantitative estimate of drug-likeness (QED) is 0.831. The molecule has 2 aliphatic rings. The highest BCUT2D eigenvalue weighted by Crippen LogP contribution is 2.34. The zero-order valence-corrected chi connectivity index (χ0v) is 15.8. The lowest BCUT2D eigenvalue weighted by molar-refractivity contribution is -0.161. The Morgan fingerprint density at radius 1 is 1.11 bits per heavy atom. The van der Waals surface area contributed by atoms with Crippen molar-refractivity contribution in [1.29, 1.82) is 0 Å². The third-order valence-electron chi connectivity index (χ3n) is 5.59. The molecule has 1 aromatic heterocycles. The number of piperidine rings is 1. The largest absolute Gasteiger partial charge is 0.360 e. The van der Waals surface area contributed by atoms with E-state index in [2.05, 4.69) is 14.9 Å². The average Bonchev–Trinajstić information content (AvgIpc) is 2.72. The van der Waals surface area contributed by atoms with E-state index in [1.54, 1.807) is 12.4 Å². The van der Waals surface area contributed by atoms with Gasteiger partial charge in [-0.05, 0) is 38.0 Å². The van der Waals surface area contributed by atoms with Crippen LogP contribution in [-0.4, -0.2) is 58.7 Å². The molecule has 1 unspecified atom stereocenters. The molecule has 0 saturated carbocycles. The summed E-state index contributed by atoms with van der Waals surface area (Å²) in [6.45, 7) is 5.40. The Morgan fingerprint density at radius 2 is 1.81 bits per heavy atom. The molecule has 2 fully saturated rings. The van der Waals surface area contributed by atoms with Gasteiger partial charge in [0.2, 0.25) is 0 Å². The molecule has 0 aliphatic carbocycles. The van der Waals surface area contributed by atoms with Crippen molar-refractivity contribution in [2.24, 2.45) is 0 Å². The second kappa shape index (κ2) is 7.74. The minimum atomic E-state index is -0.400. The van der Waals surface area contributed by atoms with Crippen LogP contribution >= 0.6 is 0 Å². The third kappa shape index (κ3) is 4.01. The van der Waals surface area contributed by atoms with Gasteiger partial charge in [0.15, 0.2) is 0 Å². The number of benzene rings is 1. The fourth-order valence-corrected chi connectivity index (χ4v) is 4.05. The van der Waals surface area contributed by atoms with Crippen LogP contribution in [0.3, 0.4) is 0 Å². The van der Waals surface area contributed by atoms with Crippen molar-refractivity contribution in [2.45, 2.75) is 37.9 Å². The SMILES string of the molecule is CC1OC2(CCN(CCc3ncccn3)CC2)CN(c2ccccc2)C1=O. The van der Waals surface area contributed by atoms with Crippen LogP contribution in [0.5, 0.6) is 0 Å². The van der Waals surface area contributed by atoms with Crippen molar-refractivity contribution in [3.63, 3.8) is 0 Å². The summed E-state index contributed by atoms with van der Waals surface area (Å²) >= 11 is 0. The summed E-state index contributed by atoms with van der Waals surface area (Å²) in [5.41, 5.74) is 0.712. The lowest BCUT2D eigenvalue weighted by Crippen LogP contribution is -2.61. The van der Waals surface area contributed by atoms with Crippen molar-refractivity contribution in [1.82, 2.24) is 14.9 Å². The fraction of sp³-hybridized carbons (Fsp3) is 0.476. The van der Waals surface area contributed by atoms with Crippen molar-refractivity contribution in [2.75, 3.05) is 31.1 Å². The van der Waals surface area contributed by atoms with Crippen LogP contribution in [0.1, 0.15) is 25.6 Å². The van der Waals surface area contributed by atoms with E-state index in [4.69, 9.17) is 4.74 Å². The lowest BCUT2D eigenvalue weighted by atomic mass is 9.88. The Bertz CT molecular complexity index is 760. The van der Waals surface area contributed by atoms with E-state index in [1.807, 2.05) is 48.2 Å². The van der Waals surface area contributed by atoms with Crippen LogP contribution in [-0.2, 0) is 16.0 Å². The molecule has 0 N–H and O–H groups in total. The van der Waals surface area contributed by atoms with Crippen molar-refractivity contribution >= 4 is 11.6 Å². The molecule has 27 heavy (non-hydrogen) atoms. The summed E-state index contributed by atoms with van der Waals surface area (Å²) in [5.74, 6) is 0.941. The molecule has 2 saturated heterocycles. The smallest absolute Gasteiger partial charge is 0.255 e. The van der Waals surface area contributed by atoms with Crippen molar-refractivity contribution in [3.8, 4) is 0 Å². The molecule has 2 aromatic rings. The van der Waals surface area contributed by atoms with Crippen LogP contribution in [0.15, 0.2) is 48.8 Å². The number of aromatic nitrogens is 2. The number of likely N-dealkylation sites (tertiary alicyclic amines) is 1. The number of carbonyl (C=O) groups excluding carboxylic acids is 1. The molecule has 142 valence electrons. The molecule has 4 rings (SSSR count). The van der Waals surface area contributed by atoms with Gasteiger partial charge in [0.1, 0.15) is 11.9 Å². The predicted molar refractivity (Wildman–Crippen MR) is 103 cm³/mol. The lowest BCUT2D eigenvalue weighted by Gasteiger charge is -2.49. The second-order valence-electron chi connectivity index (χ2n) is 7.46. The Hall–Kier alpha value is -2.31. The average molecular weight is 366 g/mol. The van der Waals surface area contributed by atoms with Gasteiger partial charge < -0.3 is 14.5 Å². The normalized spacial score (nSPS) is 22.9. The first-order valence-corrected chi connectivity index (χ1v) is 9.68. The van der Waals surface area contributed by atoms with Gasteiger partial charge in [-0.2, -0.15) is 0 Å². The Morgan fingerprint density at radius 3 is 2.52 bits per heavy atom. The van der Waals surface area contributed by atoms with Crippen LogP contribution < -0.4 is 4.90 Å². The van der Waals surface area contributed by atoms with E-state index in [1.165, 1.54) is 0 Å². The Balaban J connectivity index is 1.38. The highest BCUT2D eigenvalue weighted by atomic mass is 16.5. The van der Waals surface area contributed by atoms with Crippen LogP contribution in [0.25, 0.3) is 0 Å². The number of hydrogen-bond donors (Lipinski definition) is 0. The minimum absolute atomic E-state index is 0.0514. The van der Waals surface area contributed by atoms with E-state index in [-0.39, 0.29) is 11.5 Å². The summed E-state index contributed by atoms with van der Waals surface area (Å²) in [6.07, 6.45) is 5.91. The molecule has 1 aromatic carbocycles. The Labute approximate surface area is 160 Å². The van der Waals surface area contributed by atoms with Gasteiger partial charge in [0.05, 0.1) is 12.1 Å². The van der Waals surface area contributed by atoms with Crippen molar-refractivity contribution < 1.29 is 9.53 Å². The second-order valence-corrected chi connectivity index (χ2v) is 7.46. The topological polar surface area (TPSA) is 58.6 Å². The van der Waals surface area contributed by atoms with Gasteiger partial charge in [0, 0.05) is 44.1 Å². The number of amides is 1. The van der Waals surface area contributed by atoms with Crippen LogP contribution in [0.4, 0.5) is 5.69 Å². The molecule has 1 atom stereocenters. The van der Waals surface area contributed by atoms with Gasteiger partial charge in [0.25, 0.3) is 5.91 Å². The van der Waals surface area contributed by atoms with E-state index in [0.29, 0.717) is 6.54 Å². The molecule has 3 heterocycles. The number of anilines is 1. The number of morpholine rings is 1. The molecule has 1 spiro atoms. The van der Waals surface area contributed by atoms with Gasteiger partial charge in [-0.25, -0.2) is 9.97 Å². The summed E-state index contributed by atoms with van der Waals surface area (Å²) in [7, 11) is 0. The zero-order valence-electron chi connectivity index (χ0n) is 15.8. The number of carbonyl (C=O) groups is 1. The first-order valence-electron chi connectivity index (χ1n) is 9.68. The maximum absolute atomic E-state index is 12.7. The van der Waals surface area contributed by atoms with Gasteiger partial charge in [-0.15, -0.1) is 0 Å². The number of ether oxygens (including phenoxy) is 1. The molecule has 6 nitrogen and oxygen atoms in total. The third-order valence-corrected chi connectivity index (χ3v) is 5.59. The van der Waals surface area contributed by atoms with Gasteiger partial charge >= 0.3 is 0 Å². The molecule has 1 amide bonds. The minimum Gasteiger partial charge on any atom is -0.360 e. The van der Waals surface area contributed by atoms with Crippen LogP contribution in [0, 0.1) is 0 Å². The molecule has 2 aliphatic heterocycles. The molecule has 6 heteroatoms.